The Labute approximate surface area is 111 Å². The summed E-state index contributed by atoms with van der Waals surface area (Å²) in [7, 11) is 0. The lowest BCUT2D eigenvalue weighted by molar-refractivity contribution is -0.141. The molecular formula is C14H27N3O. The fourth-order valence-corrected chi connectivity index (χ4v) is 3.06. The van der Waals surface area contributed by atoms with Gasteiger partial charge < -0.3 is 10.2 Å². The Balaban J connectivity index is 1.95. The van der Waals surface area contributed by atoms with Crippen LogP contribution < -0.4 is 5.32 Å². The number of rotatable bonds is 2. The van der Waals surface area contributed by atoms with E-state index in [-0.39, 0.29) is 6.04 Å². The lowest BCUT2D eigenvalue weighted by Crippen LogP contribution is -2.56. The minimum atomic E-state index is 0.0415. The third-order valence-electron chi connectivity index (χ3n) is 4.46. The number of nitrogens with one attached hydrogen (secondary N) is 1. The highest BCUT2D eigenvalue weighted by Gasteiger charge is 2.32. The van der Waals surface area contributed by atoms with Crippen molar-refractivity contribution in [2.45, 2.75) is 45.7 Å². The summed E-state index contributed by atoms with van der Waals surface area (Å²) in [6.07, 6.45) is 2.41. The maximum absolute atomic E-state index is 12.6. The second-order valence-corrected chi connectivity index (χ2v) is 5.98. The standard InChI is InChI=1S/C14H27N3O/c1-11-4-5-12(2)17(10-11)14(18)13(3)16-8-6-15-7-9-16/h11-13,15H,4-10H2,1-3H3. The number of piperazine rings is 1. The summed E-state index contributed by atoms with van der Waals surface area (Å²) in [5.74, 6) is 0.983. The van der Waals surface area contributed by atoms with Gasteiger partial charge in [0.25, 0.3) is 0 Å². The smallest absolute Gasteiger partial charge is 0.239 e. The van der Waals surface area contributed by atoms with E-state index in [4.69, 9.17) is 0 Å². The Bertz CT molecular complexity index is 289. The van der Waals surface area contributed by atoms with E-state index in [2.05, 4.69) is 35.9 Å². The van der Waals surface area contributed by atoms with Crippen molar-refractivity contribution in [3.05, 3.63) is 0 Å². The number of carbonyl (C=O) groups is 1. The minimum absolute atomic E-state index is 0.0415. The fourth-order valence-electron chi connectivity index (χ4n) is 3.06. The van der Waals surface area contributed by atoms with Gasteiger partial charge in [-0.05, 0) is 32.6 Å². The molecule has 2 rings (SSSR count). The zero-order chi connectivity index (χ0) is 13.1. The zero-order valence-electron chi connectivity index (χ0n) is 12.0. The maximum Gasteiger partial charge on any atom is 0.239 e. The summed E-state index contributed by atoms with van der Waals surface area (Å²) in [6.45, 7) is 11.4. The van der Waals surface area contributed by atoms with Crippen LogP contribution in [0.15, 0.2) is 0 Å². The average molecular weight is 253 g/mol. The molecule has 2 aliphatic rings. The van der Waals surface area contributed by atoms with Crippen LogP contribution in [-0.2, 0) is 4.79 Å². The van der Waals surface area contributed by atoms with Crippen LogP contribution in [0.4, 0.5) is 0 Å². The molecule has 18 heavy (non-hydrogen) atoms. The van der Waals surface area contributed by atoms with Crippen LogP contribution in [0.3, 0.4) is 0 Å². The number of hydrogen-bond acceptors (Lipinski definition) is 3. The van der Waals surface area contributed by atoms with E-state index in [9.17, 15) is 4.79 Å². The fraction of sp³-hybridized carbons (Fsp3) is 0.929. The van der Waals surface area contributed by atoms with Crippen molar-refractivity contribution in [1.82, 2.24) is 15.1 Å². The molecule has 1 amide bonds. The van der Waals surface area contributed by atoms with E-state index in [1.54, 1.807) is 0 Å². The molecule has 1 N–H and O–H groups in total. The zero-order valence-corrected chi connectivity index (χ0v) is 12.0. The van der Waals surface area contributed by atoms with Crippen LogP contribution in [0.1, 0.15) is 33.6 Å². The maximum atomic E-state index is 12.6. The molecule has 2 heterocycles. The Morgan fingerprint density at radius 2 is 1.89 bits per heavy atom. The first-order chi connectivity index (χ1) is 8.59. The number of likely N-dealkylation sites (tertiary alicyclic amines) is 1. The molecule has 3 atom stereocenters. The van der Waals surface area contributed by atoms with Gasteiger partial charge in [-0.2, -0.15) is 0 Å². The van der Waals surface area contributed by atoms with Crippen molar-refractivity contribution >= 4 is 5.91 Å². The van der Waals surface area contributed by atoms with Gasteiger partial charge in [0.15, 0.2) is 0 Å². The number of piperidine rings is 1. The first-order valence-corrected chi connectivity index (χ1v) is 7.35. The van der Waals surface area contributed by atoms with E-state index in [0.29, 0.717) is 17.9 Å². The number of amides is 1. The number of nitrogens with zero attached hydrogens (tertiary/aromatic N) is 2. The predicted octanol–water partition coefficient (Wildman–Crippen LogP) is 0.927. The molecule has 0 aliphatic carbocycles. The van der Waals surface area contributed by atoms with Gasteiger partial charge >= 0.3 is 0 Å². The predicted molar refractivity (Wildman–Crippen MR) is 73.5 cm³/mol. The van der Waals surface area contributed by atoms with Gasteiger partial charge in [-0.3, -0.25) is 9.69 Å². The third-order valence-corrected chi connectivity index (χ3v) is 4.46. The van der Waals surface area contributed by atoms with Crippen LogP contribution in [0.5, 0.6) is 0 Å². The lowest BCUT2D eigenvalue weighted by atomic mass is 9.94. The summed E-state index contributed by atoms with van der Waals surface area (Å²) in [6, 6.07) is 0.457. The highest BCUT2D eigenvalue weighted by molar-refractivity contribution is 5.82. The largest absolute Gasteiger partial charge is 0.338 e. The molecule has 0 spiro atoms. The van der Waals surface area contributed by atoms with Gasteiger partial charge in [-0.15, -0.1) is 0 Å². The van der Waals surface area contributed by atoms with Crippen LogP contribution >= 0.6 is 0 Å². The molecule has 2 saturated heterocycles. The second-order valence-electron chi connectivity index (χ2n) is 5.98. The van der Waals surface area contributed by atoms with Crippen LogP contribution in [0.2, 0.25) is 0 Å². The van der Waals surface area contributed by atoms with E-state index in [1.165, 1.54) is 6.42 Å². The molecule has 4 heteroatoms. The Morgan fingerprint density at radius 1 is 1.22 bits per heavy atom. The van der Waals surface area contributed by atoms with Gasteiger partial charge in [-0.25, -0.2) is 0 Å². The molecule has 0 aromatic heterocycles. The van der Waals surface area contributed by atoms with Crippen molar-refractivity contribution in [2.75, 3.05) is 32.7 Å². The molecule has 4 nitrogen and oxygen atoms in total. The minimum Gasteiger partial charge on any atom is -0.338 e. The SMILES string of the molecule is CC1CCC(C)N(C(=O)C(C)N2CCNCC2)C1. The van der Waals surface area contributed by atoms with Gasteiger partial charge in [0, 0.05) is 38.8 Å². The average Bonchev–Trinajstić information content (AvgIpc) is 2.41. The molecular weight excluding hydrogens is 226 g/mol. The second kappa shape index (κ2) is 6.02. The summed E-state index contributed by atoms with van der Waals surface area (Å²) in [5.41, 5.74) is 0. The van der Waals surface area contributed by atoms with Crippen molar-refractivity contribution in [3.63, 3.8) is 0 Å². The Morgan fingerprint density at radius 3 is 2.56 bits per heavy atom. The molecule has 0 aromatic rings. The van der Waals surface area contributed by atoms with Crippen LogP contribution in [0, 0.1) is 5.92 Å². The first kappa shape index (κ1) is 13.8. The van der Waals surface area contributed by atoms with E-state index >= 15 is 0 Å². The number of carbonyl (C=O) groups excluding carboxylic acids is 1. The molecule has 0 aromatic carbocycles. The van der Waals surface area contributed by atoms with Gasteiger partial charge in [-0.1, -0.05) is 6.92 Å². The van der Waals surface area contributed by atoms with Crippen LogP contribution in [0.25, 0.3) is 0 Å². The van der Waals surface area contributed by atoms with Crippen molar-refractivity contribution in [2.24, 2.45) is 5.92 Å². The molecule has 0 radical (unpaired) electrons. The Hall–Kier alpha value is -0.610. The van der Waals surface area contributed by atoms with Crippen molar-refractivity contribution in [3.8, 4) is 0 Å². The van der Waals surface area contributed by atoms with Gasteiger partial charge in [0.05, 0.1) is 6.04 Å². The normalized spacial score (nSPS) is 32.3. The molecule has 104 valence electrons. The molecule has 0 bridgehead atoms. The molecule has 0 saturated carbocycles. The molecule has 3 unspecified atom stereocenters. The summed E-state index contributed by atoms with van der Waals surface area (Å²) in [5, 5.41) is 3.34. The van der Waals surface area contributed by atoms with Crippen LogP contribution in [-0.4, -0.2) is 60.5 Å². The van der Waals surface area contributed by atoms with Crippen molar-refractivity contribution in [1.29, 1.82) is 0 Å². The van der Waals surface area contributed by atoms with Gasteiger partial charge in [0.1, 0.15) is 0 Å². The van der Waals surface area contributed by atoms with Gasteiger partial charge in [0.2, 0.25) is 5.91 Å². The van der Waals surface area contributed by atoms with Crippen molar-refractivity contribution < 1.29 is 4.79 Å². The summed E-state index contributed by atoms with van der Waals surface area (Å²) in [4.78, 5) is 17.0. The highest BCUT2D eigenvalue weighted by Crippen LogP contribution is 2.22. The molecule has 2 fully saturated rings. The summed E-state index contributed by atoms with van der Waals surface area (Å²) < 4.78 is 0. The lowest BCUT2D eigenvalue weighted by Gasteiger charge is -2.41. The first-order valence-electron chi connectivity index (χ1n) is 7.35. The topological polar surface area (TPSA) is 35.6 Å². The highest BCUT2D eigenvalue weighted by atomic mass is 16.2. The molecule has 2 aliphatic heterocycles. The monoisotopic (exact) mass is 253 g/mol. The summed E-state index contributed by atoms with van der Waals surface area (Å²) >= 11 is 0. The third kappa shape index (κ3) is 3.04. The van der Waals surface area contributed by atoms with E-state index < -0.39 is 0 Å². The van der Waals surface area contributed by atoms with E-state index in [0.717, 1.165) is 39.1 Å². The van der Waals surface area contributed by atoms with E-state index in [1.807, 2.05) is 0 Å². The number of hydrogen-bond donors (Lipinski definition) is 1. The Kier molecular flexibility index (Phi) is 4.62. The quantitative estimate of drug-likeness (QED) is 0.795.